The molecule has 1 saturated heterocycles. The van der Waals surface area contributed by atoms with Crippen LogP contribution in [0.25, 0.3) is 16.0 Å². The molecule has 4 aromatic rings. The Hall–Kier alpha value is -4.02. The Morgan fingerprint density at radius 3 is 2.53 bits per heavy atom. The molecule has 1 amide bonds. The number of amides is 1. The summed E-state index contributed by atoms with van der Waals surface area (Å²) in [6.07, 6.45) is 0. The quantitative estimate of drug-likeness (QED) is 0.208. The van der Waals surface area contributed by atoms with E-state index in [4.69, 9.17) is 4.74 Å². The number of carboxylic acids is 1. The van der Waals surface area contributed by atoms with Gasteiger partial charge in [-0.15, -0.1) is 11.3 Å². The summed E-state index contributed by atoms with van der Waals surface area (Å²) in [6.45, 7) is 3.62. The number of methoxy groups -OCH3 is 1. The maximum absolute atomic E-state index is 13.4. The summed E-state index contributed by atoms with van der Waals surface area (Å²) in [5.74, 6) is -2.32. The molecule has 2 aromatic heterocycles. The van der Waals surface area contributed by atoms with Gasteiger partial charge in [-0.05, 0) is 66.8 Å². The Kier molecular flexibility index (Phi) is 5.85. The van der Waals surface area contributed by atoms with Crippen LogP contribution in [0.3, 0.4) is 0 Å². The van der Waals surface area contributed by atoms with E-state index in [9.17, 15) is 24.6 Å². The minimum absolute atomic E-state index is 0.0272. The lowest BCUT2D eigenvalue weighted by Crippen LogP contribution is -2.28. The van der Waals surface area contributed by atoms with Crippen molar-refractivity contribution in [3.63, 3.8) is 0 Å². The number of ketones is 1. The van der Waals surface area contributed by atoms with Gasteiger partial charge in [0.2, 0.25) is 0 Å². The lowest BCUT2D eigenvalue weighted by Gasteiger charge is -2.21. The van der Waals surface area contributed by atoms with Gasteiger partial charge in [-0.3, -0.25) is 14.5 Å². The molecule has 10 heteroatoms. The van der Waals surface area contributed by atoms with Crippen LogP contribution in [-0.4, -0.2) is 40.0 Å². The number of fused-ring (bicyclic) bond motifs is 1. The summed E-state index contributed by atoms with van der Waals surface area (Å²) in [5.41, 5.74) is 2.47. The maximum atomic E-state index is 13.4. The van der Waals surface area contributed by atoms with Crippen LogP contribution in [0.2, 0.25) is 0 Å². The number of aliphatic hydroxyl groups is 1. The SMILES string of the molecule is COc1cc(C)c(/C(O)=C2\C(=O)C(=O)N(c3nc4ccc(C(=O)O)cc4s3)C2c2cccs2)cc1C. The van der Waals surface area contributed by atoms with Gasteiger partial charge in [-0.25, -0.2) is 9.78 Å². The molecule has 8 nitrogen and oxygen atoms in total. The maximum Gasteiger partial charge on any atom is 0.335 e. The highest BCUT2D eigenvalue weighted by molar-refractivity contribution is 7.22. The number of benzene rings is 2. The second-order valence-corrected chi connectivity index (χ2v) is 10.3. The van der Waals surface area contributed by atoms with Crippen molar-refractivity contribution in [2.45, 2.75) is 19.9 Å². The first-order chi connectivity index (χ1) is 17.2. The summed E-state index contributed by atoms with van der Waals surface area (Å²) < 4.78 is 5.93. The van der Waals surface area contributed by atoms with Gasteiger partial charge in [0.1, 0.15) is 17.6 Å². The van der Waals surface area contributed by atoms with Crippen LogP contribution in [0.1, 0.15) is 38.0 Å². The molecule has 0 spiro atoms. The minimum Gasteiger partial charge on any atom is -0.507 e. The number of ether oxygens (including phenoxy) is 1. The number of aliphatic hydroxyl groups excluding tert-OH is 1. The van der Waals surface area contributed by atoms with Gasteiger partial charge in [0, 0.05) is 10.4 Å². The zero-order valence-corrected chi connectivity index (χ0v) is 21.1. The second-order valence-electron chi connectivity index (χ2n) is 8.31. The van der Waals surface area contributed by atoms with Crippen LogP contribution in [-0.2, 0) is 9.59 Å². The summed E-state index contributed by atoms with van der Waals surface area (Å²) in [5, 5.41) is 22.8. The third-order valence-electron chi connectivity index (χ3n) is 6.08. The van der Waals surface area contributed by atoms with Crippen LogP contribution < -0.4 is 9.64 Å². The highest BCUT2D eigenvalue weighted by atomic mass is 32.1. The van der Waals surface area contributed by atoms with Gasteiger partial charge in [-0.1, -0.05) is 17.4 Å². The van der Waals surface area contributed by atoms with E-state index >= 15 is 0 Å². The monoisotopic (exact) mass is 520 g/mol. The minimum atomic E-state index is -1.07. The molecule has 36 heavy (non-hydrogen) atoms. The predicted octanol–water partition coefficient (Wildman–Crippen LogP) is 5.31. The normalized spacial score (nSPS) is 17.2. The van der Waals surface area contributed by atoms with Crippen LogP contribution in [0.15, 0.2) is 53.4 Å². The van der Waals surface area contributed by atoms with Crippen molar-refractivity contribution < 1.29 is 29.3 Å². The number of aromatic nitrogens is 1. The number of Topliss-reactive ketones (excluding diaryl/α,β-unsaturated/α-hetero) is 1. The number of carbonyl (C=O) groups is 3. The van der Waals surface area contributed by atoms with E-state index in [1.54, 1.807) is 44.4 Å². The molecule has 1 atom stereocenters. The zero-order valence-electron chi connectivity index (χ0n) is 19.4. The first-order valence-corrected chi connectivity index (χ1v) is 12.5. The third kappa shape index (κ3) is 3.75. The Balaban J connectivity index is 1.70. The molecule has 2 N–H and O–H groups in total. The number of hydrogen-bond acceptors (Lipinski definition) is 8. The molecule has 0 bridgehead atoms. The molecular formula is C26H20N2O6S2. The van der Waals surface area contributed by atoms with Crippen LogP contribution in [0, 0.1) is 13.8 Å². The Morgan fingerprint density at radius 2 is 1.86 bits per heavy atom. The molecule has 1 aliphatic heterocycles. The van der Waals surface area contributed by atoms with Crippen molar-refractivity contribution in [2.24, 2.45) is 0 Å². The lowest BCUT2D eigenvalue weighted by molar-refractivity contribution is -0.132. The van der Waals surface area contributed by atoms with Crippen molar-refractivity contribution in [2.75, 3.05) is 12.0 Å². The summed E-state index contributed by atoms with van der Waals surface area (Å²) in [7, 11) is 1.56. The van der Waals surface area contributed by atoms with E-state index in [-0.39, 0.29) is 22.0 Å². The van der Waals surface area contributed by atoms with Crippen molar-refractivity contribution in [1.29, 1.82) is 0 Å². The molecule has 2 aromatic carbocycles. The zero-order chi connectivity index (χ0) is 25.7. The second kappa shape index (κ2) is 8.89. The fraction of sp³-hybridized carbons (Fsp3) is 0.154. The van der Waals surface area contributed by atoms with Gasteiger partial charge in [-0.2, -0.15) is 0 Å². The molecular weight excluding hydrogens is 500 g/mol. The molecule has 1 aliphatic rings. The fourth-order valence-electron chi connectivity index (χ4n) is 4.30. The first-order valence-electron chi connectivity index (χ1n) is 10.8. The molecule has 1 fully saturated rings. The Labute approximate surface area is 213 Å². The first kappa shape index (κ1) is 23.7. The molecule has 0 aliphatic carbocycles. The molecule has 5 rings (SSSR count). The van der Waals surface area contributed by atoms with E-state index in [0.717, 1.165) is 16.9 Å². The van der Waals surface area contributed by atoms with E-state index in [1.807, 2.05) is 12.3 Å². The number of hydrogen-bond donors (Lipinski definition) is 2. The molecule has 3 heterocycles. The summed E-state index contributed by atoms with van der Waals surface area (Å²) >= 11 is 2.47. The average molecular weight is 521 g/mol. The predicted molar refractivity (Wildman–Crippen MR) is 138 cm³/mol. The largest absolute Gasteiger partial charge is 0.507 e. The number of thiophene rings is 1. The number of nitrogens with zero attached hydrogens (tertiary/aromatic N) is 2. The van der Waals surface area contributed by atoms with Gasteiger partial charge in [0.15, 0.2) is 5.13 Å². The van der Waals surface area contributed by atoms with Crippen molar-refractivity contribution in [3.8, 4) is 5.75 Å². The average Bonchev–Trinajstić information content (AvgIpc) is 3.58. The van der Waals surface area contributed by atoms with Gasteiger partial charge in [0.05, 0.1) is 28.5 Å². The molecule has 182 valence electrons. The van der Waals surface area contributed by atoms with Crippen molar-refractivity contribution >= 4 is 61.4 Å². The third-order valence-corrected chi connectivity index (χ3v) is 8.03. The van der Waals surface area contributed by atoms with Crippen molar-refractivity contribution in [3.05, 3.63) is 80.5 Å². The highest BCUT2D eigenvalue weighted by Gasteiger charge is 2.48. The van der Waals surface area contributed by atoms with E-state index < -0.39 is 23.7 Å². The van der Waals surface area contributed by atoms with Gasteiger partial charge < -0.3 is 14.9 Å². The summed E-state index contributed by atoms with van der Waals surface area (Å²) in [4.78, 5) is 44.6. The molecule has 1 unspecified atom stereocenters. The standard InChI is InChI=1S/C26H20N2O6S2/c1-12-10-17(34-3)13(2)9-15(12)22(29)20-21(18-5-4-8-35-18)28(24(31)23(20)30)26-27-16-7-6-14(25(32)33)11-19(16)36-26/h4-11,21,29H,1-3H3,(H,32,33)/b22-20+. The highest BCUT2D eigenvalue weighted by Crippen LogP contribution is 2.46. The number of carbonyl (C=O) groups excluding carboxylic acids is 2. The lowest BCUT2D eigenvalue weighted by atomic mass is 9.96. The Morgan fingerprint density at radius 1 is 1.08 bits per heavy atom. The number of carboxylic acid groups (broad SMARTS) is 1. The number of thiazole rings is 1. The van der Waals surface area contributed by atoms with Crippen molar-refractivity contribution in [1.82, 2.24) is 4.98 Å². The van der Waals surface area contributed by atoms with E-state index in [2.05, 4.69) is 4.98 Å². The number of anilines is 1. The molecule has 0 saturated carbocycles. The smallest absolute Gasteiger partial charge is 0.335 e. The van der Waals surface area contributed by atoms with Crippen LogP contribution in [0.5, 0.6) is 5.75 Å². The van der Waals surface area contributed by atoms with Crippen LogP contribution in [0.4, 0.5) is 5.13 Å². The Bertz CT molecular complexity index is 1590. The number of rotatable bonds is 5. The van der Waals surface area contributed by atoms with Gasteiger partial charge >= 0.3 is 11.9 Å². The molecule has 0 radical (unpaired) electrons. The number of aryl methyl sites for hydroxylation is 2. The van der Waals surface area contributed by atoms with Crippen LogP contribution >= 0.6 is 22.7 Å². The van der Waals surface area contributed by atoms with E-state index in [1.165, 1.54) is 28.4 Å². The number of aromatic carboxylic acids is 1. The topological polar surface area (TPSA) is 117 Å². The van der Waals surface area contributed by atoms with Gasteiger partial charge in [0.25, 0.3) is 5.78 Å². The fourth-order valence-corrected chi connectivity index (χ4v) is 6.16. The summed E-state index contributed by atoms with van der Waals surface area (Å²) in [6, 6.07) is 10.7. The van der Waals surface area contributed by atoms with E-state index in [0.29, 0.717) is 32.0 Å².